The smallest absolute Gasteiger partial charge is 0.264 e. The number of aryl methyl sites for hydroxylation is 2. The molecule has 24 heavy (non-hydrogen) atoms. The van der Waals surface area contributed by atoms with Crippen LogP contribution in [0.1, 0.15) is 16.7 Å². The average Bonchev–Trinajstić information content (AvgIpc) is 2.97. The molecule has 8 heteroatoms. The van der Waals surface area contributed by atoms with E-state index >= 15 is 0 Å². The maximum Gasteiger partial charge on any atom is 0.264 e. The summed E-state index contributed by atoms with van der Waals surface area (Å²) in [6, 6.07) is 9.02. The average molecular weight is 343 g/mol. The van der Waals surface area contributed by atoms with Crippen molar-refractivity contribution in [2.75, 3.05) is 4.72 Å². The van der Waals surface area contributed by atoms with Crippen LogP contribution in [-0.4, -0.2) is 28.2 Å². The fourth-order valence-electron chi connectivity index (χ4n) is 2.27. The van der Waals surface area contributed by atoms with E-state index in [1.807, 2.05) is 25.1 Å². The van der Waals surface area contributed by atoms with Crippen molar-refractivity contribution >= 4 is 16.0 Å². The molecule has 0 radical (unpaired) electrons. The van der Waals surface area contributed by atoms with Crippen molar-refractivity contribution in [2.24, 2.45) is 0 Å². The summed E-state index contributed by atoms with van der Waals surface area (Å²) >= 11 is 0. The van der Waals surface area contributed by atoms with E-state index in [0.29, 0.717) is 12.1 Å². The number of aromatic nitrogens is 4. The zero-order valence-corrected chi connectivity index (χ0v) is 14.2. The van der Waals surface area contributed by atoms with Gasteiger partial charge in [-0.15, -0.1) is 5.10 Å². The molecule has 0 unspecified atom stereocenters. The minimum absolute atomic E-state index is 0.0415. The second-order valence-electron chi connectivity index (χ2n) is 5.50. The largest absolute Gasteiger partial charge is 0.264 e. The van der Waals surface area contributed by atoms with E-state index < -0.39 is 10.0 Å². The number of anilines is 1. The molecular formula is C16H17N5O2S. The molecule has 0 aliphatic heterocycles. The van der Waals surface area contributed by atoms with Gasteiger partial charge in [-0.2, -0.15) is 4.98 Å². The van der Waals surface area contributed by atoms with Crippen LogP contribution < -0.4 is 4.72 Å². The number of nitrogens with one attached hydrogen (secondary N) is 1. The SMILES string of the molecule is Cc1ccc(C)c(S(=O)(=O)Nc2ncn(Cc3cccnc3)n2)c1. The van der Waals surface area contributed by atoms with E-state index in [1.54, 1.807) is 36.1 Å². The van der Waals surface area contributed by atoms with Crippen LogP contribution >= 0.6 is 0 Å². The number of benzene rings is 1. The summed E-state index contributed by atoms with van der Waals surface area (Å²) in [6.07, 6.45) is 4.89. The van der Waals surface area contributed by atoms with Gasteiger partial charge in [0.15, 0.2) is 0 Å². The Morgan fingerprint density at radius 1 is 1.21 bits per heavy atom. The Kier molecular flexibility index (Phi) is 4.30. The van der Waals surface area contributed by atoms with E-state index in [-0.39, 0.29) is 10.8 Å². The second kappa shape index (κ2) is 6.40. The summed E-state index contributed by atoms with van der Waals surface area (Å²) in [4.78, 5) is 8.28. The molecule has 0 bridgehead atoms. The molecule has 0 aliphatic rings. The third-order valence-corrected chi connectivity index (χ3v) is 4.93. The number of nitrogens with zero attached hydrogens (tertiary/aromatic N) is 4. The molecular weight excluding hydrogens is 326 g/mol. The zero-order valence-electron chi connectivity index (χ0n) is 13.3. The van der Waals surface area contributed by atoms with Crippen molar-refractivity contribution in [3.05, 3.63) is 65.7 Å². The van der Waals surface area contributed by atoms with Gasteiger partial charge in [-0.1, -0.05) is 18.2 Å². The fraction of sp³-hybridized carbons (Fsp3) is 0.188. The molecule has 3 rings (SSSR count). The van der Waals surface area contributed by atoms with E-state index in [9.17, 15) is 8.42 Å². The van der Waals surface area contributed by atoms with Crippen molar-refractivity contribution < 1.29 is 8.42 Å². The Labute approximate surface area is 140 Å². The normalized spacial score (nSPS) is 11.4. The Bertz CT molecular complexity index is 952. The number of sulfonamides is 1. The lowest BCUT2D eigenvalue weighted by molar-refractivity contribution is 0.600. The van der Waals surface area contributed by atoms with Crippen LogP contribution in [-0.2, 0) is 16.6 Å². The lowest BCUT2D eigenvalue weighted by Gasteiger charge is -2.08. The van der Waals surface area contributed by atoms with Gasteiger partial charge in [-0.3, -0.25) is 4.98 Å². The van der Waals surface area contributed by atoms with Crippen LogP contribution in [0, 0.1) is 13.8 Å². The predicted octanol–water partition coefficient (Wildman–Crippen LogP) is 2.14. The van der Waals surface area contributed by atoms with Crippen molar-refractivity contribution in [3.8, 4) is 0 Å². The van der Waals surface area contributed by atoms with E-state index in [2.05, 4.69) is 19.8 Å². The highest BCUT2D eigenvalue weighted by Gasteiger charge is 2.19. The first kappa shape index (κ1) is 16.1. The molecule has 3 aromatic rings. The Hall–Kier alpha value is -2.74. The quantitative estimate of drug-likeness (QED) is 0.766. The maximum absolute atomic E-state index is 12.5. The maximum atomic E-state index is 12.5. The van der Waals surface area contributed by atoms with Gasteiger partial charge in [0.05, 0.1) is 11.4 Å². The lowest BCUT2D eigenvalue weighted by Crippen LogP contribution is -2.15. The van der Waals surface area contributed by atoms with Gasteiger partial charge in [0.1, 0.15) is 6.33 Å². The van der Waals surface area contributed by atoms with Crippen molar-refractivity contribution in [3.63, 3.8) is 0 Å². The third kappa shape index (κ3) is 3.60. The van der Waals surface area contributed by atoms with Gasteiger partial charge < -0.3 is 0 Å². The summed E-state index contributed by atoms with van der Waals surface area (Å²) in [5.74, 6) is 0.0415. The third-order valence-electron chi connectivity index (χ3n) is 3.46. The predicted molar refractivity (Wildman–Crippen MR) is 90.1 cm³/mol. The summed E-state index contributed by atoms with van der Waals surface area (Å²) in [5.41, 5.74) is 2.49. The number of rotatable bonds is 5. The first-order chi connectivity index (χ1) is 11.4. The summed E-state index contributed by atoms with van der Waals surface area (Å²) in [6.45, 7) is 4.06. The summed E-state index contributed by atoms with van der Waals surface area (Å²) in [7, 11) is -3.73. The van der Waals surface area contributed by atoms with E-state index in [0.717, 1.165) is 11.1 Å². The van der Waals surface area contributed by atoms with Crippen molar-refractivity contribution in [2.45, 2.75) is 25.3 Å². The van der Waals surface area contributed by atoms with E-state index in [1.165, 1.54) is 6.33 Å². The minimum atomic E-state index is -3.73. The van der Waals surface area contributed by atoms with Crippen LogP contribution in [0.15, 0.2) is 53.9 Å². The van der Waals surface area contributed by atoms with Crippen LogP contribution in [0.25, 0.3) is 0 Å². The van der Waals surface area contributed by atoms with Crippen LogP contribution in [0.3, 0.4) is 0 Å². The van der Waals surface area contributed by atoms with Gasteiger partial charge >= 0.3 is 0 Å². The molecule has 0 spiro atoms. The molecule has 0 fully saturated rings. The molecule has 0 aliphatic carbocycles. The zero-order chi connectivity index (χ0) is 17.2. The van der Waals surface area contributed by atoms with E-state index in [4.69, 9.17) is 0 Å². The van der Waals surface area contributed by atoms with Crippen LogP contribution in [0.5, 0.6) is 0 Å². The molecule has 0 saturated carbocycles. The molecule has 0 atom stereocenters. The van der Waals surface area contributed by atoms with Crippen LogP contribution in [0.2, 0.25) is 0 Å². The topological polar surface area (TPSA) is 89.8 Å². The molecule has 2 heterocycles. The van der Waals surface area contributed by atoms with Gasteiger partial charge in [0.2, 0.25) is 0 Å². The van der Waals surface area contributed by atoms with Gasteiger partial charge in [-0.25, -0.2) is 17.8 Å². The highest BCUT2D eigenvalue weighted by Crippen LogP contribution is 2.19. The van der Waals surface area contributed by atoms with Gasteiger partial charge in [0, 0.05) is 12.4 Å². The second-order valence-corrected chi connectivity index (χ2v) is 7.15. The Balaban J connectivity index is 1.80. The first-order valence-corrected chi connectivity index (χ1v) is 8.81. The molecule has 124 valence electrons. The fourth-order valence-corrected chi connectivity index (χ4v) is 3.55. The highest BCUT2D eigenvalue weighted by molar-refractivity contribution is 7.92. The molecule has 1 N–H and O–H groups in total. The Morgan fingerprint density at radius 3 is 2.79 bits per heavy atom. The Morgan fingerprint density at radius 2 is 2.04 bits per heavy atom. The molecule has 7 nitrogen and oxygen atoms in total. The lowest BCUT2D eigenvalue weighted by atomic mass is 10.2. The number of pyridine rings is 1. The first-order valence-electron chi connectivity index (χ1n) is 7.32. The monoisotopic (exact) mass is 343 g/mol. The van der Waals surface area contributed by atoms with Gasteiger partial charge in [-0.05, 0) is 42.7 Å². The van der Waals surface area contributed by atoms with Crippen molar-refractivity contribution in [1.29, 1.82) is 0 Å². The summed E-state index contributed by atoms with van der Waals surface area (Å²) < 4.78 is 29.0. The minimum Gasteiger partial charge on any atom is -0.264 e. The van der Waals surface area contributed by atoms with Gasteiger partial charge in [0.25, 0.3) is 16.0 Å². The molecule has 1 aromatic carbocycles. The number of hydrogen-bond donors (Lipinski definition) is 1. The number of hydrogen-bond acceptors (Lipinski definition) is 5. The molecule has 0 amide bonds. The van der Waals surface area contributed by atoms with Crippen molar-refractivity contribution in [1.82, 2.24) is 19.7 Å². The highest BCUT2D eigenvalue weighted by atomic mass is 32.2. The summed E-state index contributed by atoms with van der Waals surface area (Å²) in [5, 5.41) is 4.16. The molecule has 2 aromatic heterocycles. The standard InChI is InChI=1S/C16H17N5O2S/c1-12-5-6-13(2)15(8-12)24(22,23)20-16-18-11-21(19-16)10-14-4-3-7-17-9-14/h3-9,11H,10H2,1-2H3,(H,19,20). The molecule has 0 saturated heterocycles. The van der Waals surface area contributed by atoms with Crippen LogP contribution in [0.4, 0.5) is 5.95 Å².